The first-order chi connectivity index (χ1) is 9.83. The minimum Gasteiger partial charge on any atom is -0.486 e. The van der Waals surface area contributed by atoms with Crippen molar-refractivity contribution < 1.29 is 13.9 Å². The summed E-state index contributed by atoms with van der Waals surface area (Å²) in [6, 6.07) is 7.76. The maximum Gasteiger partial charge on any atom is 0.179 e. The third-order valence-electron chi connectivity index (χ3n) is 3.11. The Labute approximate surface area is 122 Å². The molecule has 0 saturated carbocycles. The van der Waals surface area contributed by atoms with Crippen LogP contribution in [-0.4, -0.2) is 19.8 Å². The third-order valence-corrected chi connectivity index (χ3v) is 3.39. The second-order valence-corrected chi connectivity index (χ2v) is 5.02. The highest BCUT2D eigenvalue weighted by molar-refractivity contribution is 6.32. The number of ether oxygens (including phenoxy) is 2. The molecule has 0 amide bonds. The minimum absolute atomic E-state index is 0.549. The lowest BCUT2D eigenvalue weighted by Crippen LogP contribution is -2.18. The lowest BCUT2D eigenvalue weighted by atomic mass is 10.2. The zero-order valence-corrected chi connectivity index (χ0v) is 11.8. The van der Waals surface area contributed by atoms with Crippen LogP contribution >= 0.6 is 11.6 Å². The second kappa shape index (κ2) is 6.20. The molecule has 0 aliphatic carbocycles. The van der Waals surface area contributed by atoms with E-state index in [-0.39, 0.29) is 0 Å². The number of hydrogen-bond donors (Lipinski definition) is 1. The Kier molecular flexibility index (Phi) is 4.14. The molecule has 2 heterocycles. The second-order valence-electron chi connectivity index (χ2n) is 4.61. The van der Waals surface area contributed by atoms with Crippen molar-refractivity contribution in [3.63, 3.8) is 0 Å². The van der Waals surface area contributed by atoms with E-state index in [0.29, 0.717) is 24.0 Å². The molecule has 106 valence electrons. The molecular weight excluding hydrogens is 278 g/mol. The first kappa shape index (κ1) is 13.3. The molecule has 5 heteroatoms. The Hall–Kier alpha value is -1.65. The fraction of sp³-hybridized carbons (Fsp3) is 0.333. The molecule has 1 aromatic carbocycles. The monoisotopic (exact) mass is 293 g/mol. The van der Waals surface area contributed by atoms with Gasteiger partial charge in [0.2, 0.25) is 0 Å². The van der Waals surface area contributed by atoms with Crippen LogP contribution in [0.15, 0.2) is 34.9 Å². The van der Waals surface area contributed by atoms with Crippen molar-refractivity contribution in [3.05, 3.63) is 46.9 Å². The predicted molar refractivity (Wildman–Crippen MR) is 76.6 cm³/mol. The standard InChI is InChI=1S/C15H16ClNO3/c16-13-8-11(9-14-15(13)20-7-6-19-14)10-17-4-3-12-2-1-5-18-12/h1-2,5,8-9,17H,3-4,6-7,10H2. The highest BCUT2D eigenvalue weighted by atomic mass is 35.5. The Balaban J connectivity index is 1.56. The molecule has 1 N–H and O–H groups in total. The Morgan fingerprint density at radius 2 is 2.10 bits per heavy atom. The van der Waals surface area contributed by atoms with Gasteiger partial charge >= 0.3 is 0 Å². The van der Waals surface area contributed by atoms with E-state index in [9.17, 15) is 0 Å². The van der Waals surface area contributed by atoms with Gasteiger partial charge in [-0.05, 0) is 29.8 Å². The zero-order valence-electron chi connectivity index (χ0n) is 11.0. The quantitative estimate of drug-likeness (QED) is 0.861. The lowest BCUT2D eigenvalue weighted by molar-refractivity contribution is 0.171. The van der Waals surface area contributed by atoms with Crippen molar-refractivity contribution in [2.45, 2.75) is 13.0 Å². The molecule has 2 aromatic rings. The smallest absolute Gasteiger partial charge is 0.179 e. The van der Waals surface area contributed by atoms with E-state index in [1.54, 1.807) is 6.26 Å². The molecule has 1 aromatic heterocycles. The maximum atomic E-state index is 6.19. The van der Waals surface area contributed by atoms with Crippen LogP contribution in [0.5, 0.6) is 11.5 Å². The number of fused-ring (bicyclic) bond motifs is 1. The normalized spacial score (nSPS) is 13.4. The van der Waals surface area contributed by atoms with Crippen LogP contribution in [0.3, 0.4) is 0 Å². The fourth-order valence-corrected chi connectivity index (χ4v) is 2.45. The topological polar surface area (TPSA) is 43.6 Å². The molecule has 0 radical (unpaired) electrons. The number of furan rings is 1. The summed E-state index contributed by atoms with van der Waals surface area (Å²) in [6.07, 6.45) is 2.56. The molecule has 1 aliphatic heterocycles. The first-order valence-electron chi connectivity index (χ1n) is 6.64. The van der Waals surface area contributed by atoms with E-state index in [1.165, 1.54) is 0 Å². The average Bonchev–Trinajstić information content (AvgIpc) is 2.97. The highest BCUT2D eigenvalue weighted by Crippen LogP contribution is 2.38. The van der Waals surface area contributed by atoms with Crippen molar-refractivity contribution in [3.8, 4) is 11.5 Å². The van der Waals surface area contributed by atoms with E-state index in [4.69, 9.17) is 25.5 Å². The summed E-state index contributed by atoms with van der Waals surface area (Å²) in [6.45, 7) is 2.70. The molecule has 0 fully saturated rings. The van der Waals surface area contributed by atoms with Crippen LogP contribution in [-0.2, 0) is 13.0 Å². The predicted octanol–water partition coefficient (Wildman–Crippen LogP) is 3.04. The lowest BCUT2D eigenvalue weighted by Gasteiger charge is -2.20. The maximum absolute atomic E-state index is 6.19. The summed E-state index contributed by atoms with van der Waals surface area (Å²) in [7, 11) is 0. The van der Waals surface area contributed by atoms with Gasteiger partial charge in [-0.2, -0.15) is 0 Å². The number of benzene rings is 1. The van der Waals surface area contributed by atoms with Gasteiger partial charge in [-0.1, -0.05) is 11.6 Å². The van der Waals surface area contributed by atoms with Gasteiger partial charge in [-0.3, -0.25) is 0 Å². The molecule has 20 heavy (non-hydrogen) atoms. The van der Waals surface area contributed by atoms with Crippen LogP contribution in [0.25, 0.3) is 0 Å². The first-order valence-corrected chi connectivity index (χ1v) is 7.02. The van der Waals surface area contributed by atoms with Crippen molar-refractivity contribution in [2.75, 3.05) is 19.8 Å². The van der Waals surface area contributed by atoms with Gasteiger partial charge in [0.25, 0.3) is 0 Å². The average molecular weight is 294 g/mol. The highest BCUT2D eigenvalue weighted by Gasteiger charge is 2.16. The molecule has 0 spiro atoms. The molecule has 0 atom stereocenters. The largest absolute Gasteiger partial charge is 0.486 e. The van der Waals surface area contributed by atoms with Crippen molar-refractivity contribution in [1.29, 1.82) is 0 Å². The summed E-state index contributed by atoms with van der Waals surface area (Å²) >= 11 is 6.19. The van der Waals surface area contributed by atoms with E-state index in [1.807, 2.05) is 24.3 Å². The van der Waals surface area contributed by atoms with Gasteiger partial charge in [-0.15, -0.1) is 0 Å². The Morgan fingerprint density at radius 1 is 1.20 bits per heavy atom. The van der Waals surface area contributed by atoms with Gasteiger partial charge in [0.05, 0.1) is 11.3 Å². The summed E-state index contributed by atoms with van der Waals surface area (Å²) in [5.74, 6) is 2.36. The van der Waals surface area contributed by atoms with E-state index in [2.05, 4.69) is 5.32 Å². The summed E-state index contributed by atoms with van der Waals surface area (Å²) in [5.41, 5.74) is 1.08. The molecular formula is C15H16ClNO3. The van der Waals surface area contributed by atoms with Gasteiger partial charge < -0.3 is 19.2 Å². The number of hydrogen-bond acceptors (Lipinski definition) is 4. The van der Waals surface area contributed by atoms with Gasteiger partial charge in [0.1, 0.15) is 19.0 Å². The van der Waals surface area contributed by atoms with Crippen LogP contribution in [0.4, 0.5) is 0 Å². The number of nitrogens with one attached hydrogen (secondary N) is 1. The van der Waals surface area contributed by atoms with Crippen LogP contribution in [0.1, 0.15) is 11.3 Å². The van der Waals surface area contributed by atoms with Gasteiger partial charge in [0, 0.05) is 19.5 Å². The number of rotatable bonds is 5. The van der Waals surface area contributed by atoms with Crippen molar-refractivity contribution in [2.24, 2.45) is 0 Å². The third kappa shape index (κ3) is 3.08. The Bertz CT molecular complexity index is 569. The van der Waals surface area contributed by atoms with Crippen LogP contribution < -0.4 is 14.8 Å². The van der Waals surface area contributed by atoms with E-state index >= 15 is 0 Å². The summed E-state index contributed by atoms with van der Waals surface area (Å²) in [5, 5.41) is 3.96. The minimum atomic E-state index is 0.549. The Morgan fingerprint density at radius 3 is 2.95 bits per heavy atom. The summed E-state index contributed by atoms with van der Waals surface area (Å²) < 4.78 is 16.3. The van der Waals surface area contributed by atoms with Gasteiger partial charge in [0.15, 0.2) is 11.5 Å². The molecule has 1 aliphatic rings. The van der Waals surface area contributed by atoms with Crippen molar-refractivity contribution >= 4 is 11.6 Å². The zero-order chi connectivity index (χ0) is 13.8. The molecule has 3 rings (SSSR count). The SMILES string of the molecule is Clc1cc(CNCCc2ccco2)cc2c1OCCO2. The van der Waals surface area contributed by atoms with Crippen LogP contribution in [0.2, 0.25) is 5.02 Å². The summed E-state index contributed by atoms with van der Waals surface area (Å²) in [4.78, 5) is 0. The molecule has 4 nitrogen and oxygen atoms in total. The van der Waals surface area contributed by atoms with E-state index in [0.717, 1.165) is 36.6 Å². The van der Waals surface area contributed by atoms with Gasteiger partial charge in [-0.25, -0.2) is 0 Å². The number of halogens is 1. The fourth-order valence-electron chi connectivity index (χ4n) is 2.17. The molecule has 0 unspecified atom stereocenters. The molecule has 0 saturated heterocycles. The van der Waals surface area contributed by atoms with Crippen LogP contribution in [0, 0.1) is 0 Å². The molecule has 0 bridgehead atoms. The van der Waals surface area contributed by atoms with E-state index < -0.39 is 0 Å². The van der Waals surface area contributed by atoms with Crippen molar-refractivity contribution in [1.82, 2.24) is 5.32 Å².